The second-order valence-electron chi connectivity index (χ2n) is 19.0. The third-order valence-corrected chi connectivity index (χ3v) is 21.0. The van der Waals surface area contributed by atoms with E-state index >= 15 is 0 Å². The Bertz CT molecular complexity index is 1020. The van der Waals surface area contributed by atoms with E-state index in [4.69, 9.17) is 18.3 Å². The van der Waals surface area contributed by atoms with Crippen molar-refractivity contribution in [2.45, 2.75) is 226 Å². The van der Waals surface area contributed by atoms with Gasteiger partial charge in [-0.25, -0.2) is 9.78 Å². The van der Waals surface area contributed by atoms with Gasteiger partial charge in [0.25, 0.3) is 0 Å². The summed E-state index contributed by atoms with van der Waals surface area (Å²) in [6.45, 7) is 31.1. The maximum absolute atomic E-state index is 12.5. The molecule has 0 amide bonds. The second kappa shape index (κ2) is 27.4. The number of carbonyl (C=O) groups excluding carboxylic acids is 1. The summed E-state index contributed by atoms with van der Waals surface area (Å²) < 4.78 is 25.3. The van der Waals surface area contributed by atoms with Gasteiger partial charge in [0.15, 0.2) is 16.6 Å². The highest BCUT2D eigenvalue weighted by atomic mass is 28.4. The Morgan fingerprint density at radius 2 is 1.07 bits per heavy atom. The van der Waals surface area contributed by atoms with Gasteiger partial charge in [0.2, 0.25) is 5.88 Å². The maximum atomic E-state index is 12.5. The van der Waals surface area contributed by atoms with Crippen molar-refractivity contribution in [2.24, 2.45) is 0 Å². The van der Waals surface area contributed by atoms with Crippen molar-refractivity contribution in [1.82, 2.24) is 9.88 Å². The van der Waals surface area contributed by atoms with E-state index in [1.165, 1.54) is 103 Å². The van der Waals surface area contributed by atoms with E-state index in [-0.39, 0.29) is 28.2 Å². The molecule has 0 aliphatic heterocycles. The highest BCUT2D eigenvalue weighted by Gasteiger charge is 2.41. The molecule has 0 fully saturated rings. The Labute approximate surface area is 337 Å². The fraction of sp³-hybridized carbons (Fsp3) is 0.867. The molecule has 0 bridgehead atoms. The van der Waals surface area contributed by atoms with Crippen molar-refractivity contribution in [3.8, 4) is 5.88 Å². The lowest BCUT2D eigenvalue weighted by molar-refractivity contribution is 0.0592. The zero-order valence-corrected chi connectivity index (χ0v) is 39.7. The van der Waals surface area contributed by atoms with Crippen LogP contribution in [-0.4, -0.2) is 71.1 Å². The molecule has 1 rings (SSSR count). The number of carbonyl (C=O) groups is 1. The smallest absolute Gasteiger partial charge is 0.434 e. The lowest BCUT2D eigenvalue weighted by Gasteiger charge is -2.42. The van der Waals surface area contributed by atoms with Gasteiger partial charge in [-0.2, -0.15) is 0 Å². The Kier molecular flexibility index (Phi) is 25.7. The van der Waals surface area contributed by atoms with Gasteiger partial charge < -0.3 is 18.3 Å². The summed E-state index contributed by atoms with van der Waals surface area (Å²) in [7, 11) is -4.01. The molecule has 0 saturated carbocycles. The highest BCUT2D eigenvalue weighted by Crippen LogP contribution is 2.39. The fourth-order valence-electron chi connectivity index (χ4n) is 6.37. The van der Waals surface area contributed by atoms with Crippen molar-refractivity contribution in [2.75, 3.05) is 26.2 Å². The third-order valence-electron chi connectivity index (χ3n) is 11.9. The molecule has 7 nitrogen and oxygen atoms in total. The minimum atomic E-state index is -2.00. The van der Waals surface area contributed by atoms with Gasteiger partial charge in [-0.3, -0.25) is 4.90 Å². The van der Waals surface area contributed by atoms with Crippen molar-refractivity contribution in [3.63, 3.8) is 0 Å². The SMILES string of the molecule is CCCCCCCCCCC(CN(CCCOC(=O)Oc1ccccn1)CC(CCCCCCCCCC)O[Si](C)(C)C(C)(C)C)O[Si](C)(C)C(C)(C)C. The molecule has 54 heavy (non-hydrogen) atoms. The molecule has 0 spiro atoms. The Morgan fingerprint density at radius 3 is 1.46 bits per heavy atom. The molecular weight excluding hydrogens is 705 g/mol. The molecule has 0 radical (unpaired) electrons. The molecule has 0 aromatic carbocycles. The number of aromatic nitrogens is 1. The molecule has 0 saturated heterocycles. The monoisotopic (exact) mass is 793 g/mol. The van der Waals surface area contributed by atoms with E-state index in [1.54, 1.807) is 24.4 Å². The van der Waals surface area contributed by atoms with Crippen molar-refractivity contribution < 1.29 is 23.1 Å². The molecule has 316 valence electrons. The average molecular weight is 793 g/mol. The first-order chi connectivity index (χ1) is 25.4. The largest absolute Gasteiger partial charge is 0.515 e. The van der Waals surface area contributed by atoms with Gasteiger partial charge in [0.05, 0.1) is 18.8 Å². The Balaban J connectivity index is 3.16. The molecule has 2 atom stereocenters. The number of pyridine rings is 1. The van der Waals surface area contributed by atoms with Crippen molar-refractivity contribution >= 4 is 22.8 Å². The van der Waals surface area contributed by atoms with Crippen LogP contribution < -0.4 is 4.74 Å². The number of rotatable bonds is 31. The summed E-state index contributed by atoms with van der Waals surface area (Å²) >= 11 is 0. The molecule has 0 aliphatic carbocycles. The molecule has 9 heteroatoms. The maximum Gasteiger partial charge on any atom is 0.515 e. The summed E-state index contributed by atoms with van der Waals surface area (Å²) in [6, 6.07) is 5.24. The number of nitrogens with zero attached hydrogens (tertiary/aromatic N) is 2. The van der Waals surface area contributed by atoms with Crippen LogP contribution in [0.4, 0.5) is 4.79 Å². The van der Waals surface area contributed by atoms with E-state index in [0.717, 1.165) is 32.5 Å². The lowest BCUT2D eigenvalue weighted by atomic mass is 10.0. The van der Waals surface area contributed by atoms with Crippen LogP contribution in [0, 0.1) is 0 Å². The van der Waals surface area contributed by atoms with Crippen LogP contribution in [0.3, 0.4) is 0 Å². The van der Waals surface area contributed by atoms with E-state index < -0.39 is 22.8 Å². The number of hydrogen-bond acceptors (Lipinski definition) is 7. The summed E-state index contributed by atoms with van der Waals surface area (Å²) in [6.07, 6.45) is 25.1. The minimum absolute atomic E-state index is 0.141. The Morgan fingerprint density at radius 1 is 0.648 bits per heavy atom. The summed E-state index contributed by atoms with van der Waals surface area (Å²) in [5.41, 5.74) is 0. The second-order valence-corrected chi connectivity index (χ2v) is 28.5. The van der Waals surface area contributed by atoms with Crippen LogP contribution in [0.2, 0.25) is 36.3 Å². The number of hydrogen-bond donors (Lipinski definition) is 0. The molecule has 1 aromatic rings. The van der Waals surface area contributed by atoms with Crippen LogP contribution >= 0.6 is 0 Å². The predicted octanol–water partition coefficient (Wildman–Crippen LogP) is 14.1. The standard InChI is InChI=1S/C45H88N2O5Si2/c1-13-15-17-19-21-23-25-27-32-40(51-53(9,10)44(3,4)5)38-47(36-31-37-49-43(48)50-42-34-29-30-35-46-42)39-41(52-54(11,12)45(6,7)8)33-28-26-24-22-20-18-16-14-2/h29-30,34-35,40-41H,13-28,31-33,36-39H2,1-12H3. The fourth-order valence-corrected chi connectivity index (χ4v) is 9.13. The average Bonchev–Trinajstić information content (AvgIpc) is 3.08. The summed E-state index contributed by atoms with van der Waals surface area (Å²) in [5.74, 6) is 0.252. The van der Waals surface area contributed by atoms with Gasteiger partial charge in [0, 0.05) is 31.9 Å². The van der Waals surface area contributed by atoms with Crippen LogP contribution in [0.25, 0.3) is 0 Å². The van der Waals surface area contributed by atoms with E-state index in [2.05, 4.69) is 91.5 Å². The summed E-state index contributed by atoms with van der Waals surface area (Å²) in [5, 5.41) is 0.281. The van der Waals surface area contributed by atoms with Crippen molar-refractivity contribution in [3.05, 3.63) is 24.4 Å². The lowest BCUT2D eigenvalue weighted by Crippen LogP contribution is -2.50. The van der Waals surface area contributed by atoms with Gasteiger partial charge in [0.1, 0.15) is 0 Å². The number of ether oxygens (including phenoxy) is 2. The van der Waals surface area contributed by atoms with Gasteiger partial charge in [-0.15, -0.1) is 0 Å². The van der Waals surface area contributed by atoms with Gasteiger partial charge in [-0.05, 0) is 61.6 Å². The number of unbranched alkanes of at least 4 members (excludes halogenated alkanes) is 14. The van der Waals surface area contributed by atoms with Gasteiger partial charge >= 0.3 is 6.16 Å². The molecule has 0 aliphatic rings. The topological polar surface area (TPSA) is 70.1 Å². The zero-order chi connectivity index (χ0) is 40.5. The zero-order valence-electron chi connectivity index (χ0n) is 37.7. The molecule has 2 unspecified atom stereocenters. The van der Waals surface area contributed by atoms with Crippen LogP contribution in [0.1, 0.15) is 177 Å². The van der Waals surface area contributed by atoms with Crippen LogP contribution in [-0.2, 0) is 13.6 Å². The van der Waals surface area contributed by atoms with Crippen LogP contribution in [0.5, 0.6) is 5.88 Å². The first kappa shape index (κ1) is 50.8. The molecule has 0 N–H and O–H groups in total. The quantitative estimate of drug-likeness (QED) is 0.0421. The molecular formula is C45H88N2O5Si2. The highest BCUT2D eigenvalue weighted by molar-refractivity contribution is 6.74. The first-order valence-electron chi connectivity index (χ1n) is 22.3. The van der Waals surface area contributed by atoms with E-state index in [9.17, 15) is 4.79 Å². The van der Waals surface area contributed by atoms with E-state index in [0.29, 0.717) is 13.0 Å². The predicted molar refractivity (Wildman–Crippen MR) is 236 cm³/mol. The minimum Gasteiger partial charge on any atom is -0.434 e. The first-order valence-corrected chi connectivity index (χ1v) is 28.1. The van der Waals surface area contributed by atoms with Crippen LogP contribution in [0.15, 0.2) is 24.4 Å². The summed E-state index contributed by atoms with van der Waals surface area (Å²) in [4.78, 5) is 19.1. The van der Waals surface area contributed by atoms with Gasteiger partial charge in [-0.1, -0.05) is 164 Å². The normalized spacial score (nSPS) is 14.0. The van der Waals surface area contributed by atoms with Crippen molar-refractivity contribution in [1.29, 1.82) is 0 Å². The molecule has 1 aromatic heterocycles. The Hall–Kier alpha value is -1.27. The van der Waals surface area contributed by atoms with E-state index in [1.807, 2.05) is 0 Å². The molecule has 1 heterocycles. The third kappa shape index (κ3) is 23.1.